The number of ether oxygens (including phenoxy) is 1. The second kappa shape index (κ2) is 7.47. The molecule has 1 aromatic carbocycles. The quantitative estimate of drug-likeness (QED) is 0.818. The Morgan fingerprint density at radius 2 is 2.10 bits per heavy atom. The molecule has 20 heavy (non-hydrogen) atoms. The first-order valence-corrected chi connectivity index (χ1v) is 6.37. The zero-order valence-corrected chi connectivity index (χ0v) is 11.8. The summed E-state index contributed by atoms with van der Waals surface area (Å²) in [6.07, 6.45) is 0.00462. The molecule has 0 aliphatic carbocycles. The van der Waals surface area contributed by atoms with Crippen molar-refractivity contribution in [2.24, 2.45) is 0 Å². The Morgan fingerprint density at radius 1 is 1.40 bits per heavy atom. The third-order valence-corrected chi connectivity index (χ3v) is 2.70. The fraction of sp³-hybridized carbons (Fsp3) is 0.429. The molecule has 0 heterocycles. The van der Waals surface area contributed by atoms with Gasteiger partial charge in [-0.05, 0) is 31.5 Å². The first-order chi connectivity index (χ1) is 9.47. The Morgan fingerprint density at radius 3 is 2.65 bits per heavy atom. The van der Waals surface area contributed by atoms with E-state index in [2.05, 4.69) is 10.6 Å². The molecule has 0 spiro atoms. The molecule has 2 N–H and O–H groups in total. The highest BCUT2D eigenvalue weighted by Gasteiger charge is 2.15. The maximum absolute atomic E-state index is 13.5. The van der Waals surface area contributed by atoms with E-state index in [9.17, 15) is 14.0 Å². The van der Waals surface area contributed by atoms with Crippen molar-refractivity contribution in [3.63, 3.8) is 0 Å². The number of nitrogens with one attached hydrogen (secondary N) is 2. The van der Waals surface area contributed by atoms with Crippen LogP contribution in [0.4, 0.5) is 4.39 Å². The highest BCUT2D eigenvalue weighted by atomic mass is 19.1. The minimum Gasteiger partial charge on any atom is -0.494 e. The fourth-order valence-corrected chi connectivity index (χ4v) is 1.69. The van der Waals surface area contributed by atoms with Crippen molar-refractivity contribution in [2.45, 2.75) is 26.3 Å². The number of methoxy groups -OCH3 is 1. The van der Waals surface area contributed by atoms with Gasteiger partial charge in [0, 0.05) is 6.54 Å². The Bertz CT molecular complexity index is 491. The number of hydrogen-bond donors (Lipinski definition) is 2. The fourth-order valence-electron chi connectivity index (χ4n) is 1.69. The summed E-state index contributed by atoms with van der Waals surface area (Å²) >= 11 is 0. The molecular formula is C14H19FN2O3. The molecule has 1 aromatic rings. The molecule has 0 saturated heterocycles. The molecule has 0 saturated carbocycles. The van der Waals surface area contributed by atoms with Gasteiger partial charge in [-0.3, -0.25) is 9.59 Å². The molecule has 0 bridgehead atoms. The number of likely N-dealkylation sites (N-methyl/N-ethyl adjacent to an activating group) is 1. The molecule has 0 aliphatic rings. The van der Waals surface area contributed by atoms with E-state index in [0.717, 1.165) is 0 Å². The van der Waals surface area contributed by atoms with Gasteiger partial charge in [0.1, 0.15) is 6.04 Å². The summed E-state index contributed by atoms with van der Waals surface area (Å²) in [5, 5.41) is 5.16. The topological polar surface area (TPSA) is 67.4 Å². The van der Waals surface area contributed by atoms with Crippen LogP contribution < -0.4 is 15.4 Å². The van der Waals surface area contributed by atoms with Gasteiger partial charge in [-0.1, -0.05) is 6.07 Å². The van der Waals surface area contributed by atoms with Crippen LogP contribution in [0, 0.1) is 5.82 Å². The number of carbonyl (C=O) groups is 2. The van der Waals surface area contributed by atoms with E-state index >= 15 is 0 Å². The van der Waals surface area contributed by atoms with E-state index in [0.29, 0.717) is 12.1 Å². The Labute approximate surface area is 117 Å². The van der Waals surface area contributed by atoms with Crippen LogP contribution in [0.2, 0.25) is 0 Å². The molecule has 0 radical (unpaired) electrons. The highest BCUT2D eigenvalue weighted by molar-refractivity contribution is 5.88. The zero-order chi connectivity index (χ0) is 15.1. The maximum Gasteiger partial charge on any atom is 0.242 e. The monoisotopic (exact) mass is 282 g/mol. The van der Waals surface area contributed by atoms with E-state index in [1.54, 1.807) is 19.9 Å². The predicted molar refractivity (Wildman–Crippen MR) is 72.9 cm³/mol. The minimum absolute atomic E-state index is 0.00462. The van der Waals surface area contributed by atoms with Crippen LogP contribution in [0.3, 0.4) is 0 Å². The molecule has 0 aromatic heterocycles. The summed E-state index contributed by atoms with van der Waals surface area (Å²) in [6.45, 7) is 3.90. The number of carbonyl (C=O) groups excluding carboxylic acids is 2. The van der Waals surface area contributed by atoms with E-state index < -0.39 is 11.9 Å². The summed E-state index contributed by atoms with van der Waals surface area (Å²) in [5.74, 6) is -0.977. The lowest BCUT2D eigenvalue weighted by molar-refractivity contribution is -0.128. The van der Waals surface area contributed by atoms with Crippen molar-refractivity contribution in [1.82, 2.24) is 10.6 Å². The molecule has 1 rings (SSSR count). The number of amides is 2. The van der Waals surface area contributed by atoms with Crippen LogP contribution in [-0.4, -0.2) is 31.5 Å². The van der Waals surface area contributed by atoms with Crippen molar-refractivity contribution in [3.05, 3.63) is 29.6 Å². The lowest BCUT2D eigenvalue weighted by Gasteiger charge is -2.13. The SMILES string of the molecule is CCNC(=O)[C@@H](C)NC(=O)Cc1ccc(OC)c(F)c1. The van der Waals surface area contributed by atoms with Gasteiger partial charge < -0.3 is 15.4 Å². The average Bonchev–Trinajstić information content (AvgIpc) is 2.39. The van der Waals surface area contributed by atoms with Crippen LogP contribution in [-0.2, 0) is 16.0 Å². The maximum atomic E-state index is 13.5. The summed E-state index contributed by atoms with van der Waals surface area (Å²) in [4.78, 5) is 23.2. The lowest BCUT2D eigenvalue weighted by atomic mass is 10.1. The summed E-state index contributed by atoms with van der Waals surface area (Å²) < 4.78 is 18.3. The molecule has 110 valence electrons. The molecule has 0 unspecified atom stereocenters. The number of halogens is 1. The number of hydrogen-bond acceptors (Lipinski definition) is 3. The Kier molecular flexibility index (Phi) is 5.96. The number of rotatable bonds is 6. The van der Waals surface area contributed by atoms with Gasteiger partial charge in [-0.2, -0.15) is 0 Å². The highest BCUT2D eigenvalue weighted by Crippen LogP contribution is 2.17. The molecule has 5 nitrogen and oxygen atoms in total. The second-order valence-corrected chi connectivity index (χ2v) is 4.33. The van der Waals surface area contributed by atoms with Crippen molar-refractivity contribution in [3.8, 4) is 5.75 Å². The average molecular weight is 282 g/mol. The van der Waals surface area contributed by atoms with Crippen LogP contribution >= 0.6 is 0 Å². The number of benzene rings is 1. The van der Waals surface area contributed by atoms with Gasteiger partial charge in [0.25, 0.3) is 0 Å². The van der Waals surface area contributed by atoms with Crippen molar-refractivity contribution in [2.75, 3.05) is 13.7 Å². The van der Waals surface area contributed by atoms with Crippen molar-refractivity contribution in [1.29, 1.82) is 0 Å². The van der Waals surface area contributed by atoms with Crippen molar-refractivity contribution >= 4 is 11.8 Å². The van der Waals surface area contributed by atoms with Crippen LogP contribution in [0.1, 0.15) is 19.4 Å². The Balaban J connectivity index is 2.58. The summed E-state index contributed by atoms with van der Waals surface area (Å²) in [5.41, 5.74) is 0.517. The standard InChI is InChI=1S/C14H19FN2O3/c1-4-16-14(19)9(2)17-13(18)8-10-5-6-12(20-3)11(15)7-10/h5-7,9H,4,8H2,1-3H3,(H,16,19)(H,17,18)/t9-/m1/s1. The van der Waals surface area contributed by atoms with Gasteiger partial charge in [-0.15, -0.1) is 0 Å². The zero-order valence-electron chi connectivity index (χ0n) is 11.8. The predicted octanol–water partition coefficient (Wildman–Crippen LogP) is 1.02. The molecule has 1 atom stereocenters. The third-order valence-electron chi connectivity index (χ3n) is 2.70. The largest absolute Gasteiger partial charge is 0.494 e. The smallest absolute Gasteiger partial charge is 0.242 e. The van der Waals surface area contributed by atoms with Gasteiger partial charge in [0.2, 0.25) is 11.8 Å². The third kappa shape index (κ3) is 4.53. The van der Waals surface area contributed by atoms with Gasteiger partial charge >= 0.3 is 0 Å². The summed E-state index contributed by atoms with van der Waals surface area (Å²) in [6, 6.07) is 3.70. The minimum atomic E-state index is -0.620. The van der Waals surface area contributed by atoms with Crippen LogP contribution in [0.25, 0.3) is 0 Å². The van der Waals surface area contributed by atoms with Gasteiger partial charge in [-0.25, -0.2) is 4.39 Å². The Hall–Kier alpha value is -2.11. The van der Waals surface area contributed by atoms with Gasteiger partial charge in [0.15, 0.2) is 11.6 Å². The first kappa shape index (κ1) is 15.9. The van der Waals surface area contributed by atoms with Gasteiger partial charge in [0.05, 0.1) is 13.5 Å². The van der Waals surface area contributed by atoms with Crippen LogP contribution in [0.5, 0.6) is 5.75 Å². The normalized spacial score (nSPS) is 11.6. The van der Waals surface area contributed by atoms with E-state index in [-0.39, 0.29) is 24.0 Å². The first-order valence-electron chi connectivity index (χ1n) is 6.37. The molecule has 6 heteroatoms. The van der Waals surface area contributed by atoms with E-state index in [1.807, 2.05) is 0 Å². The lowest BCUT2D eigenvalue weighted by Crippen LogP contribution is -2.45. The second-order valence-electron chi connectivity index (χ2n) is 4.33. The van der Waals surface area contributed by atoms with Crippen molar-refractivity contribution < 1.29 is 18.7 Å². The molecular weight excluding hydrogens is 263 g/mol. The van der Waals surface area contributed by atoms with E-state index in [1.165, 1.54) is 19.2 Å². The van der Waals surface area contributed by atoms with Crippen LogP contribution in [0.15, 0.2) is 18.2 Å². The molecule has 2 amide bonds. The van der Waals surface area contributed by atoms with E-state index in [4.69, 9.17) is 4.74 Å². The summed E-state index contributed by atoms with van der Waals surface area (Å²) in [7, 11) is 1.37. The molecule has 0 aliphatic heterocycles. The molecule has 0 fully saturated rings.